The topological polar surface area (TPSA) is 33.2 Å². The normalized spacial score (nSPS) is 11.0. The van der Waals surface area contributed by atoms with Gasteiger partial charge in [0, 0.05) is 24.8 Å². The summed E-state index contributed by atoms with van der Waals surface area (Å²) < 4.78 is 1.93. The maximum atomic E-state index is 12.2. The highest BCUT2D eigenvalue weighted by Gasteiger charge is 2.12. The molecule has 0 spiro atoms. The Labute approximate surface area is 142 Å². The first-order valence-corrected chi connectivity index (χ1v) is 8.95. The molecule has 1 aromatic carbocycles. The number of hydrogen-bond donors (Lipinski definition) is 0. The SMILES string of the molecule is CN(Cc1ccc(Cl)s1)C(=O)CCc1nc2ccccc2s1. The van der Waals surface area contributed by atoms with Gasteiger partial charge in [-0.3, -0.25) is 4.79 Å². The minimum atomic E-state index is 0.128. The molecule has 0 bridgehead atoms. The summed E-state index contributed by atoms with van der Waals surface area (Å²) in [7, 11) is 1.83. The van der Waals surface area contributed by atoms with E-state index in [1.54, 1.807) is 16.2 Å². The fraction of sp³-hybridized carbons (Fsp3) is 0.250. The van der Waals surface area contributed by atoms with E-state index in [2.05, 4.69) is 11.1 Å². The van der Waals surface area contributed by atoms with Gasteiger partial charge in [-0.15, -0.1) is 22.7 Å². The summed E-state index contributed by atoms with van der Waals surface area (Å²) >= 11 is 9.08. The molecule has 0 atom stereocenters. The van der Waals surface area contributed by atoms with Crippen LogP contribution < -0.4 is 0 Å². The minimum Gasteiger partial charge on any atom is -0.341 e. The lowest BCUT2D eigenvalue weighted by Gasteiger charge is -2.15. The number of aryl methyl sites for hydroxylation is 1. The van der Waals surface area contributed by atoms with Crippen LogP contribution in [0, 0.1) is 0 Å². The molecule has 3 aromatic rings. The number of nitrogens with zero attached hydrogens (tertiary/aromatic N) is 2. The number of aromatic nitrogens is 1. The van der Waals surface area contributed by atoms with Crippen molar-refractivity contribution in [3.8, 4) is 0 Å². The summed E-state index contributed by atoms with van der Waals surface area (Å²) in [5, 5.41) is 1.02. The molecule has 0 aliphatic carbocycles. The van der Waals surface area contributed by atoms with Crippen LogP contribution in [0.15, 0.2) is 36.4 Å². The van der Waals surface area contributed by atoms with Gasteiger partial charge in [-0.2, -0.15) is 0 Å². The molecule has 0 fully saturated rings. The minimum absolute atomic E-state index is 0.128. The van der Waals surface area contributed by atoms with E-state index >= 15 is 0 Å². The molecule has 0 radical (unpaired) electrons. The molecule has 0 saturated carbocycles. The van der Waals surface area contributed by atoms with Crippen molar-refractivity contribution in [3.05, 3.63) is 50.6 Å². The van der Waals surface area contributed by atoms with Gasteiger partial charge < -0.3 is 4.90 Å². The lowest BCUT2D eigenvalue weighted by molar-refractivity contribution is -0.130. The van der Waals surface area contributed by atoms with E-state index in [9.17, 15) is 4.79 Å². The van der Waals surface area contributed by atoms with E-state index in [4.69, 9.17) is 11.6 Å². The van der Waals surface area contributed by atoms with Crippen molar-refractivity contribution in [2.24, 2.45) is 0 Å². The maximum absolute atomic E-state index is 12.2. The number of thiazole rings is 1. The molecule has 0 aliphatic heterocycles. The van der Waals surface area contributed by atoms with Gasteiger partial charge in [0.25, 0.3) is 0 Å². The van der Waals surface area contributed by atoms with Crippen molar-refractivity contribution < 1.29 is 4.79 Å². The zero-order valence-corrected chi connectivity index (χ0v) is 14.5. The number of carbonyl (C=O) groups excluding carboxylic acids is 1. The van der Waals surface area contributed by atoms with Gasteiger partial charge in [-0.25, -0.2) is 4.98 Å². The van der Waals surface area contributed by atoms with Crippen LogP contribution >= 0.6 is 34.3 Å². The molecule has 2 heterocycles. The second kappa shape index (κ2) is 6.77. The third-order valence-corrected chi connectivity index (χ3v) is 5.65. The Morgan fingerprint density at radius 3 is 2.77 bits per heavy atom. The largest absolute Gasteiger partial charge is 0.341 e. The molecule has 2 aromatic heterocycles. The number of rotatable bonds is 5. The van der Waals surface area contributed by atoms with Crippen LogP contribution in [0.4, 0.5) is 0 Å². The Bertz CT molecular complexity index is 763. The van der Waals surface area contributed by atoms with E-state index < -0.39 is 0 Å². The van der Waals surface area contributed by atoms with Crippen LogP contribution in [0.3, 0.4) is 0 Å². The predicted octanol–water partition coefficient (Wildman–Crippen LogP) is 4.60. The molecule has 0 saturated heterocycles. The summed E-state index contributed by atoms with van der Waals surface area (Å²) in [5.41, 5.74) is 1.01. The lowest BCUT2D eigenvalue weighted by atomic mass is 10.3. The summed E-state index contributed by atoms with van der Waals surface area (Å²) in [6.07, 6.45) is 1.17. The fourth-order valence-corrected chi connectivity index (χ4v) is 4.30. The molecule has 0 unspecified atom stereocenters. The number of carbonyl (C=O) groups is 1. The number of thiophene rings is 1. The van der Waals surface area contributed by atoms with Crippen molar-refractivity contribution in [2.45, 2.75) is 19.4 Å². The zero-order valence-electron chi connectivity index (χ0n) is 12.1. The van der Waals surface area contributed by atoms with Crippen molar-refractivity contribution >= 4 is 50.4 Å². The van der Waals surface area contributed by atoms with Crippen LogP contribution in [0.1, 0.15) is 16.3 Å². The quantitative estimate of drug-likeness (QED) is 0.673. The molecule has 1 amide bonds. The molecule has 0 aliphatic rings. The van der Waals surface area contributed by atoms with Gasteiger partial charge in [-0.05, 0) is 24.3 Å². The van der Waals surface area contributed by atoms with Gasteiger partial charge in [0.1, 0.15) is 0 Å². The average molecular weight is 351 g/mol. The number of benzene rings is 1. The van der Waals surface area contributed by atoms with E-state index in [1.807, 2.05) is 37.4 Å². The Kier molecular flexibility index (Phi) is 4.76. The Hall–Kier alpha value is -1.43. The first-order valence-electron chi connectivity index (χ1n) is 6.94. The van der Waals surface area contributed by atoms with Gasteiger partial charge in [0.2, 0.25) is 5.91 Å². The zero-order chi connectivity index (χ0) is 15.5. The Morgan fingerprint density at radius 2 is 2.05 bits per heavy atom. The summed E-state index contributed by atoms with van der Waals surface area (Å²) in [5.74, 6) is 0.128. The predicted molar refractivity (Wildman–Crippen MR) is 93.7 cm³/mol. The molecule has 22 heavy (non-hydrogen) atoms. The van der Waals surface area contributed by atoms with Crippen molar-refractivity contribution in [3.63, 3.8) is 0 Å². The second-order valence-electron chi connectivity index (χ2n) is 5.03. The number of hydrogen-bond acceptors (Lipinski definition) is 4. The molecule has 6 heteroatoms. The third-order valence-electron chi connectivity index (χ3n) is 3.34. The molecule has 3 rings (SSSR count). The van der Waals surface area contributed by atoms with Gasteiger partial charge in [0.15, 0.2) is 0 Å². The number of fused-ring (bicyclic) bond motifs is 1. The Balaban J connectivity index is 1.57. The maximum Gasteiger partial charge on any atom is 0.223 e. The highest BCUT2D eigenvalue weighted by molar-refractivity contribution is 7.18. The first kappa shape index (κ1) is 15.5. The Morgan fingerprint density at radius 1 is 1.23 bits per heavy atom. The van der Waals surface area contributed by atoms with Gasteiger partial charge in [-0.1, -0.05) is 23.7 Å². The molecule has 3 nitrogen and oxygen atoms in total. The summed E-state index contributed by atoms with van der Waals surface area (Å²) in [6, 6.07) is 11.9. The molecule has 114 valence electrons. The van der Waals surface area contributed by atoms with Crippen molar-refractivity contribution in [1.29, 1.82) is 0 Å². The number of halogens is 1. The van der Waals surface area contributed by atoms with Crippen LogP contribution in [0.25, 0.3) is 10.2 Å². The van der Waals surface area contributed by atoms with Crippen LogP contribution in [-0.4, -0.2) is 22.8 Å². The van der Waals surface area contributed by atoms with E-state index in [-0.39, 0.29) is 5.91 Å². The van der Waals surface area contributed by atoms with Crippen LogP contribution in [0.5, 0.6) is 0 Å². The standard InChI is InChI=1S/C16H15ClN2OS2/c1-19(10-11-6-7-14(17)21-11)16(20)9-8-15-18-12-4-2-3-5-13(12)22-15/h2-7H,8-10H2,1H3. The average Bonchev–Trinajstić information content (AvgIpc) is 3.10. The number of amides is 1. The highest BCUT2D eigenvalue weighted by atomic mass is 35.5. The molecular formula is C16H15ClN2OS2. The second-order valence-corrected chi connectivity index (χ2v) is 7.95. The molecule has 0 N–H and O–H groups in total. The van der Waals surface area contributed by atoms with Crippen LogP contribution in [0.2, 0.25) is 4.34 Å². The van der Waals surface area contributed by atoms with Crippen LogP contribution in [-0.2, 0) is 17.8 Å². The number of para-hydroxylation sites is 1. The monoisotopic (exact) mass is 350 g/mol. The third kappa shape index (κ3) is 3.66. The van der Waals surface area contributed by atoms with Gasteiger partial charge in [0.05, 0.1) is 26.1 Å². The lowest BCUT2D eigenvalue weighted by Crippen LogP contribution is -2.25. The molecular weight excluding hydrogens is 336 g/mol. The van der Waals surface area contributed by atoms with Gasteiger partial charge >= 0.3 is 0 Å². The van der Waals surface area contributed by atoms with E-state index in [1.165, 1.54) is 16.0 Å². The van der Waals surface area contributed by atoms with Crippen molar-refractivity contribution in [1.82, 2.24) is 9.88 Å². The summed E-state index contributed by atoms with van der Waals surface area (Å²) in [4.78, 5) is 19.6. The summed E-state index contributed by atoms with van der Waals surface area (Å²) in [6.45, 7) is 0.607. The van der Waals surface area contributed by atoms with E-state index in [0.29, 0.717) is 19.4 Å². The highest BCUT2D eigenvalue weighted by Crippen LogP contribution is 2.24. The first-order chi connectivity index (χ1) is 10.6. The fourth-order valence-electron chi connectivity index (χ4n) is 2.19. The van der Waals surface area contributed by atoms with E-state index in [0.717, 1.165) is 19.7 Å². The smallest absolute Gasteiger partial charge is 0.223 e. The van der Waals surface area contributed by atoms with Crippen molar-refractivity contribution in [2.75, 3.05) is 7.05 Å².